The molecule has 82 valence electrons. The van der Waals surface area contributed by atoms with Gasteiger partial charge in [-0.1, -0.05) is 11.6 Å². The van der Waals surface area contributed by atoms with Crippen molar-refractivity contribution in [1.82, 2.24) is 9.97 Å². The molecule has 0 amide bonds. The zero-order chi connectivity index (χ0) is 11.1. The largest absolute Gasteiger partial charge is 0.306 e. The lowest BCUT2D eigenvalue weighted by Gasteiger charge is -2.00. The Balaban J connectivity index is 2.16. The molecule has 2 aromatic rings. The summed E-state index contributed by atoms with van der Waals surface area (Å²) in [6.07, 6.45) is 0. The number of H-pyrrole nitrogens is 1. The standard InChI is InChI=1S/C10H7ClN2OS2/c11-5-1-8(16-2-5)9-12-7-4-15-3-6(7)10(14)13-9/h1-2H,3-4H2,(H,12,13,14). The number of nitrogens with one attached hydrogen (secondary N) is 1. The van der Waals surface area contributed by atoms with Gasteiger partial charge in [0.2, 0.25) is 0 Å². The molecule has 0 aromatic carbocycles. The van der Waals surface area contributed by atoms with Crippen LogP contribution in [0.25, 0.3) is 10.7 Å². The summed E-state index contributed by atoms with van der Waals surface area (Å²) in [4.78, 5) is 20.0. The van der Waals surface area contributed by atoms with Crippen molar-refractivity contribution in [3.8, 4) is 10.7 Å². The number of fused-ring (bicyclic) bond motifs is 1. The molecule has 0 saturated carbocycles. The van der Waals surface area contributed by atoms with E-state index in [2.05, 4.69) is 9.97 Å². The average molecular weight is 271 g/mol. The van der Waals surface area contributed by atoms with Gasteiger partial charge in [-0.2, -0.15) is 11.8 Å². The topological polar surface area (TPSA) is 45.8 Å². The van der Waals surface area contributed by atoms with Crippen LogP contribution >= 0.6 is 34.7 Å². The van der Waals surface area contributed by atoms with Crippen LogP contribution in [0.3, 0.4) is 0 Å². The molecule has 0 radical (unpaired) electrons. The Labute approximate surface area is 105 Å². The maximum absolute atomic E-state index is 11.8. The number of thioether (sulfide) groups is 1. The second-order valence-corrected chi connectivity index (χ2v) is 5.80. The molecule has 3 nitrogen and oxygen atoms in total. The van der Waals surface area contributed by atoms with Gasteiger partial charge in [0.05, 0.1) is 15.6 Å². The Kier molecular flexibility index (Phi) is 2.53. The molecule has 1 aliphatic rings. The van der Waals surface area contributed by atoms with Gasteiger partial charge < -0.3 is 4.98 Å². The molecule has 0 fully saturated rings. The Morgan fingerprint density at radius 3 is 3.06 bits per heavy atom. The number of thiophene rings is 1. The summed E-state index contributed by atoms with van der Waals surface area (Å²) in [6.45, 7) is 0. The highest BCUT2D eigenvalue weighted by atomic mass is 35.5. The molecule has 0 aliphatic carbocycles. The summed E-state index contributed by atoms with van der Waals surface area (Å²) in [6, 6.07) is 1.82. The average Bonchev–Trinajstić information content (AvgIpc) is 2.85. The van der Waals surface area contributed by atoms with E-state index in [1.807, 2.05) is 11.4 Å². The fraction of sp³-hybridized carbons (Fsp3) is 0.200. The van der Waals surface area contributed by atoms with Crippen molar-refractivity contribution in [2.75, 3.05) is 0 Å². The molecule has 0 spiro atoms. The minimum absolute atomic E-state index is 0.0190. The summed E-state index contributed by atoms with van der Waals surface area (Å²) < 4.78 is 0. The third-order valence-corrected chi connectivity index (χ3v) is 4.64. The van der Waals surface area contributed by atoms with Crippen molar-refractivity contribution in [2.45, 2.75) is 11.5 Å². The molecule has 6 heteroatoms. The lowest BCUT2D eigenvalue weighted by atomic mass is 10.2. The minimum Gasteiger partial charge on any atom is -0.306 e. The number of rotatable bonds is 1. The van der Waals surface area contributed by atoms with E-state index in [1.165, 1.54) is 11.3 Å². The van der Waals surface area contributed by atoms with Gasteiger partial charge >= 0.3 is 0 Å². The van der Waals surface area contributed by atoms with E-state index in [1.54, 1.807) is 11.8 Å². The van der Waals surface area contributed by atoms with Gasteiger partial charge in [-0.25, -0.2) is 4.98 Å². The molecular weight excluding hydrogens is 264 g/mol. The van der Waals surface area contributed by atoms with E-state index in [0.29, 0.717) is 10.8 Å². The predicted octanol–water partition coefficient (Wildman–Crippen LogP) is 2.90. The molecule has 3 rings (SSSR count). The fourth-order valence-electron chi connectivity index (χ4n) is 1.62. The van der Waals surface area contributed by atoms with E-state index in [9.17, 15) is 4.79 Å². The maximum Gasteiger partial charge on any atom is 0.255 e. The normalized spacial score (nSPS) is 14.1. The van der Waals surface area contributed by atoms with Crippen molar-refractivity contribution in [3.63, 3.8) is 0 Å². The molecule has 0 unspecified atom stereocenters. The van der Waals surface area contributed by atoms with Crippen LogP contribution in [0.5, 0.6) is 0 Å². The SMILES string of the molecule is O=c1[nH]c(-c2cc(Cl)cs2)nc2c1CSC2. The van der Waals surface area contributed by atoms with Gasteiger partial charge in [0.1, 0.15) is 0 Å². The van der Waals surface area contributed by atoms with Gasteiger partial charge in [0, 0.05) is 22.4 Å². The van der Waals surface area contributed by atoms with Crippen LogP contribution in [0.15, 0.2) is 16.2 Å². The third-order valence-electron chi connectivity index (χ3n) is 2.39. The van der Waals surface area contributed by atoms with Crippen LogP contribution in [-0.4, -0.2) is 9.97 Å². The van der Waals surface area contributed by atoms with E-state index < -0.39 is 0 Å². The van der Waals surface area contributed by atoms with Crippen molar-refractivity contribution in [3.05, 3.63) is 38.1 Å². The molecule has 16 heavy (non-hydrogen) atoms. The van der Waals surface area contributed by atoms with Crippen LogP contribution in [0, 0.1) is 0 Å². The Morgan fingerprint density at radius 2 is 2.31 bits per heavy atom. The molecule has 1 aliphatic heterocycles. The van der Waals surface area contributed by atoms with Crippen molar-refractivity contribution >= 4 is 34.7 Å². The van der Waals surface area contributed by atoms with Crippen LogP contribution < -0.4 is 5.56 Å². The van der Waals surface area contributed by atoms with Gasteiger partial charge in [0.25, 0.3) is 5.56 Å². The summed E-state index contributed by atoms with van der Waals surface area (Å²) in [5, 5.41) is 2.51. The highest BCUT2D eigenvalue weighted by Gasteiger charge is 2.18. The first kappa shape index (κ1) is 10.4. The molecule has 2 aromatic heterocycles. The van der Waals surface area contributed by atoms with Crippen molar-refractivity contribution in [1.29, 1.82) is 0 Å². The van der Waals surface area contributed by atoms with Gasteiger partial charge in [-0.15, -0.1) is 11.3 Å². The first-order valence-corrected chi connectivity index (χ1v) is 7.09. The van der Waals surface area contributed by atoms with E-state index in [0.717, 1.165) is 27.6 Å². The van der Waals surface area contributed by atoms with Gasteiger partial charge in [0.15, 0.2) is 5.82 Å². The quantitative estimate of drug-likeness (QED) is 0.867. The summed E-state index contributed by atoms with van der Waals surface area (Å²) in [5.41, 5.74) is 1.71. The minimum atomic E-state index is -0.0190. The predicted molar refractivity (Wildman–Crippen MR) is 68.2 cm³/mol. The maximum atomic E-state index is 11.8. The number of aromatic nitrogens is 2. The smallest absolute Gasteiger partial charge is 0.255 e. The highest BCUT2D eigenvalue weighted by molar-refractivity contribution is 7.98. The lowest BCUT2D eigenvalue weighted by molar-refractivity contribution is 1.04. The number of hydrogen-bond acceptors (Lipinski definition) is 4. The summed E-state index contributed by atoms with van der Waals surface area (Å²) in [5.74, 6) is 2.22. The van der Waals surface area contributed by atoms with E-state index in [-0.39, 0.29) is 5.56 Å². The second-order valence-electron chi connectivity index (χ2n) is 3.46. The number of halogens is 1. The Bertz CT molecular complexity index is 605. The number of aromatic amines is 1. The number of hydrogen-bond donors (Lipinski definition) is 1. The molecule has 3 heterocycles. The Morgan fingerprint density at radius 1 is 1.44 bits per heavy atom. The zero-order valence-corrected chi connectivity index (χ0v) is 10.5. The second kappa shape index (κ2) is 3.91. The third kappa shape index (κ3) is 1.69. The van der Waals surface area contributed by atoms with E-state index in [4.69, 9.17) is 11.6 Å². The summed E-state index contributed by atoms with van der Waals surface area (Å²) in [7, 11) is 0. The summed E-state index contributed by atoms with van der Waals surface area (Å²) >= 11 is 9.06. The van der Waals surface area contributed by atoms with Gasteiger partial charge in [-0.05, 0) is 6.07 Å². The molecule has 0 bridgehead atoms. The molecular formula is C10H7ClN2OS2. The zero-order valence-electron chi connectivity index (χ0n) is 8.12. The fourth-order valence-corrected chi connectivity index (χ4v) is 3.67. The highest BCUT2D eigenvalue weighted by Crippen LogP contribution is 2.30. The molecule has 1 N–H and O–H groups in total. The van der Waals surface area contributed by atoms with Crippen LogP contribution in [0.4, 0.5) is 0 Å². The van der Waals surface area contributed by atoms with Crippen molar-refractivity contribution in [2.24, 2.45) is 0 Å². The number of nitrogens with zero attached hydrogens (tertiary/aromatic N) is 1. The van der Waals surface area contributed by atoms with E-state index >= 15 is 0 Å². The van der Waals surface area contributed by atoms with Crippen LogP contribution in [-0.2, 0) is 11.5 Å². The van der Waals surface area contributed by atoms with Crippen LogP contribution in [0.1, 0.15) is 11.3 Å². The first-order valence-electron chi connectivity index (χ1n) is 4.68. The first-order chi connectivity index (χ1) is 7.74. The Hall–Kier alpha value is -0.780. The monoisotopic (exact) mass is 270 g/mol. The molecule has 0 saturated heterocycles. The van der Waals surface area contributed by atoms with Crippen LogP contribution in [0.2, 0.25) is 5.02 Å². The molecule has 0 atom stereocenters. The van der Waals surface area contributed by atoms with Crippen molar-refractivity contribution < 1.29 is 0 Å². The lowest BCUT2D eigenvalue weighted by Crippen LogP contribution is -2.14. The van der Waals surface area contributed by atoms with Gasteiger partial charge in [-0.3, -0.25) is 4.79 Å².